The maximum absolute atomic E-state index is 12.8. The van der Waals surface area contributed by atoms with E-state index in [1.165, 1.54) is 30.1 Å². The predicted octanol–water partition coefficient (Wildman–Crippen LogP) is 4.55. The number of carbonyl (C=O) groups excluding carboxylic acids is 1. The van der Waals surface area contributed by atoms with Gasteiger partial charge in [-0.1, -0.05) is 29.6 Å². The fraction of sp³-hybridized carbons (Fsp3) is 0.267. The van der Waals surface area contributed by atoms with Crippen LogP contribution in [0, 0.1) is 0 Å². The highest BCUT2D eigenvalue weighted by Gasteiger charge is 2.30. The van der Waals surface area contributed by atoms with Crippen LogP contribution in [0.15, 0.2) is 45.5 Å². The van der Waals surface area contributed by atoms with Gasteiger partial charge in [0, 0.05) is 11.1 Å². The largest absolute Gasteiger partial charge is 0.462 e. The number of thioether (sulfide) groups is 1. The van der Waals surface area contributed by atoms with Crippen molar-refractivity contribution in [1.29, 1.82) is 0 Å². The summed E-state index contributed by atoms with van der Waals surface area (Å²) in [5.41, 5.74) is -0.638. The minimum atomic E-state index is -4.43. The van der Waals surface area contributed by atoms with Crippen LogP contribution >= 0.6 is 23.5 Å². The van der Waals surface area contributed by atoms with E-state index in [1.54, 1.807) is 13.2 Å². The molecule has 128 valence electrons. The number of ether oxygens (including phenoxy) is 1. The van der Waals surface area contributed by atoms with E-state index in [1.807, 2.05) is 0 Å². The third-order valence-electron chi connectivity index (χ3n) is 2.79. The number of carbonyl (C=O) groups is 1. The molecule has 4 nitrogen and oxygen atoms in total. The van der Waals surface area contributed by atoms with Crippen LogP contribution in [0.25, 0.3) is 0 Å². The molecular formula is C15H13F3N2O2S2. The first kappa shape index (κ1) is 18.6. The number of alkyl halides is 3. The first-order chi connectivity index (χ1) is 11.3. The van der Waals surface area contributed by atoms with Crippen molar-refractivity contribution < 1.29 is 22.7 Å². The van der Waals surface area contributed by atoms with Gasteiger partial charge in [0.25, 0.3) is 0 Å². The first-order valence-corrected chi connectivity index (χ1v) is 8.82. The van der Waals surface area contributed by atoms with Crippen molar-refractivity contribution in [3.05, 3.63) is 41.6 Å². The third kappa shape index (κ3) is 4.64. The van der Waals surface area contributed by atoms with E-state index >= 15 is 0 Å². The molecule has 0 N–H and O–H groups in total. The Morgan fingerprint density at radius 3 is 2.71 bits per heavy atom. The summed E-state index contributed by atoms with van der Waals surface area (Å²) in [6.45, 7) is 1.84. The Hall–Kier alpha value is -1.74. The second-order valence-corrected chi connectivity index (χ2v) is 6.26. The molecule has 0 aliphatic carbocycles. The maximum atomic E-state index is 12.8. The highest BCUT2D eigenvalue weighted by Crippen LogP contribution is 2.35. The molecule has 0 unspecified atom stereocenters. The smallest absolute Gasteiger partial charge is 0.416 e. The number of halogens is 3. The molecule has 0 atom stereocenters. The van der Waals surface area contributed by atoms with Crippen LogP contribution in [0.4, 0.5) is 13.2 Å². The number of nitrogens with zero attached hydrogens (tertiary/aromatic N) is 2. The SMILES string of the molecule is CCOC(=O)c1cnc(SC)nc1Sc1cccc(C(F)(F)F)c1. The lowest BCUT2D eigenvalue weighted by atomic mass is 10.2. The van der Waals surface area contributed by atoms with E-state index in [0.29, 0.717) is 10.1 Å². The second kappa shape index (κ2) is 7.89. The van der Waals surface area contributed by atoms with Gasteiger partial charge in [-0.2, -0.15) is 13.2 Å². The van der Waals surface area contributed by atoms with Crippen molar-refractivity contribution in [2.75, 3.05) is 12.9 Å². The molecule has 2 aromatic rings. The normalized spacial score (nSPS) is 11.4. The minimum Gasteiger partial charge on any atom is -0.462 e. The van der Waals surface area contributed by atoms with Crippen LogP contribution in [0.3, 0.4) is 0 Å². The lowest BCUT2D eigenvalue weighted by Crippen LogP contribution is -2.09. The van der Waals surface area contributed by atoms with E-state index in [4.69, 9.17) is 4.74 Å². The summed E-state index contributed by atoms with van der Waals surface area (Å²) < 4.78 is 43.4. The number of aromatic nitrogens is 2. The van der Waals surface area contributed by atoms with E-state index < -0.39 is 17.7 Å². The van der Waals surface area contributed by atoms with Gasteiger partial charge in [0.05, 0.1) is 12.2 Å². The van der Waals surface area contributed by atoms with Gasteiger partial charge in [0.15, 0.2) is 5.16 Å². The number of rotatable bonds is 5. The van der Waals surface area contributed by atoms with Gasteiger partial charge in [-0.15, -0.1) is 0 Å². The molecule has 0 spiro atoms. The summed E-state index contributed by atoms with van der Waals surface area (Å²) in [6.07, 6.45) is -1.35. The zero-order chi connectivity index (χ0) is 17.7. The summed E-state index contributed by atoms with van der Waals surface area (Å²) in [7, 11) is 0. The Kier molecular flexibility index (Phi) is 6.11. The highest BCUT2D eigenvalue weighted by molar-refractivity contribution is 7.99. The molecule has 0 amide bonds. The van der Waals surface area contributed by atoms with Crippen molar-refractivity contribution in [3.63, 3.8) is 0 Å². The summed E-state index contributed by atoms with van der Waals surface area (Å²) in [5, 5.41) is 0.671. The summed E-state index contributed by atoms with van der Waals surface area (Å²) in [4.78, 5) is 20.5. The molecule has 1 aromatic carbocycles. The highest BCUT2D eigenvalue weighted by atomic mass is 32.2. The Morgan fingerprint density at radius 1 is 1.33 bits per heavy atom. The van der Waals surface area contributed by atoms with Crippen molar-refractivity contribution in [3.8, 4) is 0 Å². The average molecular weight is 374 g/mol. The molecule has 0 radical (unpaired) electrons. The zero-order valence-corrected chi connectivity index (χ0v) is 14.4. The molecule has 1 heterocycles. The minimum absolute atomic E-state index is 0.122. The number of esters is 1. The fourth-order valence-corrected chi connectivity index (χ4v) is 3.06. The van der Waals surface area contributed by atoms with Crippen LogP contribution in [-0.2, 0) is 10.9 Å². The summed E-state index contributed by atoms with van der Waals surface area (Å²) in [6, 6.07) is 4.84. The van der Waals surface area contributed by atoms with Gasteiger partial charge in [-0.25, -0.2) is 14.8 Å². The van der Waals surface area contributed by atoms with Gasteiger partial charge in [0.2, 0.25) is 0 Å². The molecule has 0 aliphatic rings. The molecule has 9 heteroatoms. The van der Waals surface area contributed by atoms with E-state index in [9.17, 15) is 18.0 Å². The van der Waals surface area contributed by atoms with Crippen LogP contribution in [0.2, 0.25) is 0 Å². The standard InChI is InChI=1S/C15H13F3N2O2S2/c1-3-22-13(21)11-8-19-14(23-2)20-12(11)24-10-6-4-5-9(7-10)15(16,17)18/h4-8H,3H2,1-2H3. The molecule has 0 bridgehead atoms. The van der Waals surface area contributed by atoms with E-state index in [2.05, 4.69) is 9.97 Å². The molecular weight excluding hydrogens is 361 g/mol. The topological polar surface area (TPSA) is 52.1 Å². The molecule has 0 fully saturated rings. The van der Waals surface area contributed by atoms with Crippen LogP contribution in [-0.4, -0.2) is 28.8 Å². The van der Waals surface area contributed by atoms with Gasteiger partial charge in [-0.05, 0) is 31.4 Å². The van der Waals surface area contributed by atoms with Gasteiger partial charge < -0.3 is 4.74 Å². The van der Waals surface area contributed by atoms with Crippen molar-refractivity contribution >= 4 is 29.5 Å². The molecule has 0 saturated carbocycles. The Morgan fingerprint density at radius 2 is 2.08 bits per heavy atom. The van der Waals surface area contributed by atoms with Crippen molar-refractivity contribution in [1.82, 2.24) is 9.97 Å². The quantitative estimate of drug-likeness (QED) is 0.331. The number of hydrogen-bond acceptors (Lipinski definition) is 6. The lowest BCUT2D eigenvalue weighted by Gasteiger charge is -2.10. The van der Waals surface area contributed by atoms with E-state index in [-0.39, 0.29) is 17.2 Å². The van der Waals surface area contributed by atoms with Crippen LogP contribution < -0.4 is 0 Å². The third-order valence-corrected chi connectivity index (χ3v) is 4.34. The zero-order valence-electron chi connectivity index (χ0n) is 12.8. The van der Waals surface area contributed by atoms with Crippen molar-refractivity contribution in [2.24, 2.45) is 0 Å². The molecule has 1 aromatic heterocycles. The molecule has 2 rings (SSSR count). The molecule has 0 saturated heterocycles. The Bertz CT molecular complexity index is 739. The fourth-order valence-electron chi connectivity index (χ4n) is 1.72. The Balaban J connectivity index is 2.39. The summed E-state index contributed by atoms with van der Waals surface area (Å²) in [5.74, 6) is -0.611. The first-order valence-electron chi connectivity index (χ1n) is 6.78. The van der Waals surface area contributed by atoms with Gasteiger partial charge in [0.1, 0.15) is 10.6 Å². The molecule has 0 aliphatic heterocycles. The van der Waals surface area contributed by atoms with Gasteiger partial charge in [-0.3, -0.25) is 0 Å². The molecule has 24 heavy (non-hydrogen) atoms. The van der Waals surface area contributed by atoms with E-state index in [0.717, 1.165) is 23.9 Å². The van der Waals surface area contributed by atoms with Gasteiger partial charge >= 0.3 is 12.1 Å². The predicted molar refractivity (Wildman–Crippen MR) is 85.3 cm³/mol. The number of hydrogen-bond donors (Lipinski definition) is 0. The average Bonchev–Trinajstić information content (AvgIpc) is 2.54. The lowest BCUT2D eigenvalue weighted by molar-refractivity contribution is -0.137. The monoisotopic (exact) mass is 374 g/mol. The number of benzene rings is 1. The van der Waals surface area contributed by atoms with Crippen LogP contribution in [0.5, 0.6) is 0 Å². The Labute approximate surface area is 145 Å². The second-order valence-electron chi connectivity index (χ2n) is 4.42. The maximum Gasteiger partial charge on any atom is 0.416 e. The van der Waals surface area contributed by atoms with Crippen molar-refractivity contribution in [2.45, 2.75) is 28.2 Å². The van der Waals surface area contributed by atoms with Crippen LogP contribution in [0.1, 0.15) is 22.8 Å². The summed E-state index contributed by atoms with van der Waals surface area (Å²) >= 11 is 2.23.